The zero-order chi connectivity index (χ0) is 22.0. The van der Waals surface area contributed by atoms with E-state index in [9.17, 15) is 9.59 Å². The Balaban J connectivity index is 1.76. The van der Waals surface area contributed by atoms with Crippen molar-refractivity contribution < 1.29 is 4.79 Å². The molecule has 0 saturated heterocycles. The van der Waals surface area contributed by atoms with Crippen LogP contribution in [0, 0.1) is 6.92 Å². The average Bonchev–Trinajstić information content (AvgIpc) is 3.34. The topological polar surface area (TPSA) is 55.2 Å². The summed E-state index contributed by atoms with van der Waals surface area (Å²) in [7, 11) is 0. The lowest BCUT2D eigenvalue weighted by Crippen LogP contribution is -2.33. The molecular formula is C24H25N3O2S2. The lowest BCUT2D eigenvalue weighted by atomic mass is 10.2. The van der Waals surface area contributed by atoms with Crippen LogP contribution in [0.15, 0.2) is 59.5 Å². The number of nitrogens with zero attached hydrogens (tertiary/aromatic N) is 3. The summed E-state index contributed by atoms with van der Waals surface area (Å²) in [6.07, 6.45) is 6.44. The second kappa shape index (κ2) is 9.24. The second-order valence-corrected chi connectivity index (χ2v) is 9.60. The van der Waals surface area contributed by atoms with E-state index in [1.807, 2.05) is 31.2 Å². The first-order valence-electron chi connectivity index (χ1n) is 10.3. The van der Waals surface area contributed by atoms with E-state index in [-0.39, 0.29) is 17.2 Å². The summed E-state index contributed by atoms with van der Waals surface area (Å²) >= 11 is 2.92. The van der Waals surface area contributed by atoms with Crippen LogP contribution in [0.25, 0.3) is 15.9 Å². The van der Waals surface area contributed by atoms with E-state index in [4.69, 9.17) is 4.98 Å². The van der Waals surface area contributed by atoms with Crippen molar-refractivity contribution in [3.05, 3.63) is 75.9 Å². The minimum absolute atomic E-state index is 0.0386. The number of benzene rings is 1. The Labute approximate surface area is 190 Å². The Morgan fingerprint density at radius 2 is 1.94 bits per heavy atom. The molecule has 0 aliphatic heterocycles. The van der Waals surface area contributed by atoms with Gasteiger partial charge in [-0.3, -0.25) is 14.2 Å². The van der Waals surface area contributed by atoms with E-state index in [0.29, 0.717) is 18.2 Å². The van der Waals surface area contributed by atoms with Gasteiger partial charge in [-0.05, 0) is 43.9 Å². The lowest BCUT2D eigenvalue weighted by molar-refractivity contribution is -0.127. The van der Waals surface area contributed by atoms with Gasteiger partial charge in [-0.15, -0.1) is 24.5 Å². The maximum Gasteiger partial charge on any atom is 0.267 e. The zero-order valence-electron chi connectivity index (χ0n) is 17.6. The minimum atomic E-state index is -0.0442. The van der Waals surface area contributed by atoms with Gasteiger partial charge in [-0.25, -0.2) is 4.98 Å². The van der Waals surface area contributed by atoms with Crippen LogP contribution in [0.4, 0.5) is 0 Å². The number of thiophene rings is 1. The van der Waals surface area contributed by atoms with Gasteiger partial charge in [0.05, 0.1) is 16.8 Å². The molecule has 5 nitrogen and oxygen atoms in total. The van der Waals surface area contributed by atoms with Crippen LogP contribution in [0.5, 0.6) is 0 Å². The van der Waals surface area contributed by atoms with Crippen LogP contribution >= 0.6 is 23.1 Å². The first-order chi connectivity index (χ1) is 15.0. The molecule has 0 saturated carbocycles. The van der Waals surface area contributed by atoms with Gasteiger partial charge in [-0.2, -0.15) is 0 Å². The van der Waals surface area contributed by atoms with Crippen LogP contribution in [0.2, 0.25) is 0 Å². The molecule has 0 spiro atoms. The Bertz CT molecular complexity index is 1200. The fraction of sp³-hybridized carbons (Fsp3) is 0.292. The van der Waals surface area contributed by atoms with Gasteiger partial charge in [0.15, 0.2) is 5.16 Å². The molecule has 7 heteroatoms. The highest BCUT2D eigenvalue weighted by molar-refractivity contribution is 7.99. The highest BCUT2D eigenvalue weighted by Crippen LogP contribution is 2.36. The summed E-state index contributed by atoms with van der Waals surface area (Å²) in [5.74, 6) is 0.152. The van der Waals surface area contributed by atoms with Gasteiger partial charge in [0.2, 0.25) is 5.91 Å². The number of hydrogen-bond acceptors (Lipinski definition) is 5. The number of aromatic nitrogens is 2. The molecule has 1 amide bonds. The number of hydrogen-bond donors (Lipinski definition) is 0. The summed E-state index contributed by atoms with van der Waals surface area (Å²) in [5, 5.41) is 1.29. The molecule has 0 radical (unpaired) electrons. The molecule has 0 fully saturated rings. The largest absolute Gasteiger partial charge is 0.335 e. The Morgan fingerprint density at radius 1 is 1.23 bits per heavy atom. The van der Waals surface area contributed by atoms with Crippen molar-refractivity contribution in [2.45, 2.75) is 31.3 Å². The molecule has 160 valence electrons. The molecule has 0 bridgehead atoms. The monoisotopic (exact) mass is 451 g/mol. The lowest BCUT2D eigenvalue weighted by Gasteiger charge is -2.19. The molecular weight excluding hydrogens is 426 g/mol. The zero-order valence-corrected chi connectivity index (χ0v) is 19.2. The van der Waals surface area contributed by atoms with E-state index >= 15 is 0 Å². The van der Waals surface area contributed by atoms with Crippen molar-refractivity contribution in [3.63, 3.8) is 0 Å². The van der Waals surface area contributed by atoms with E-state index in [2.05, 4.69) is 13.2 Å². The van der Waals surface area contributed by atoms with Gasteiger partial charge in [0, 0.05) is 18.0 Å². The minimum Gasteiger partial charge on any atom is -0.335 e. The standard InChI is InChI=1S/C24H25N3O2S2/c1-4-13-26(14-5-2)20(28)15-30-24-25-22-21(18-7-6-8-19(18)31-22)23(29)27(24)17-11-9-16(3)10-12-17/h4-5,9-12H,1-2,6-8,13-15H2,3H3. The molecule has 1 aliphatic carbocycles. The quantitative estimate of drug-likeness (QED) is 0.287. The Morgan fingerprint density at radius 3 is 2.61 bits per heavy atom. The summed E-state index contributed by atoms with van der Waals surface area (Å²) in [5.41, 5.74) is 3.01. The molecule has 1 aliphatic rings. The van der Waals surface area contributed by atoms with Gasteiger partial charge in [0.1, 0.15) is 4.83 Å². The number of thioether (sulfide) groups is 1. The van der Waals surface area contributed by atoms with Crippen molar-refractivity contribution in [3.8, 4) is 5.69 Å². The van der Waals surface area contributed by atoms with Crippen LogP contribution in [-0.2, 0) is 17.6 Å². The number of carbonyl (C=O) groups excluding carboxylic acids is 1. The van der Waals surface area contributed by atoms with Crippen molar-refractivity contribution in [2.24, 2.45) is 0 Å². The van der Waals surface area contributed by atoms with E-state index < -0.39 is 0 Å². The van der Waals surface area contributed by atoms with Gasteiger partial charge in [-0.1, -0.05) is 41.6 Å². The maximum atomic E-state index is 13.6. The highest BCUT2D eigenvalue weighted by Gasteiger charge is 2.24. The number of amides is 1. The first-order valence-corrected chi connectivity index (χ1v) is 12.1. The van der Waals surface area contributed by atoms with Crippen LogP contribution in [-0.4, -0.2) is 39.2 Å². The summed E-state index contributed by atoms with van der Waals surface area (Å²) < 4.78 is 1.66. The third kappa shape index (κ3) is 4.25. The average molecular weight is 452 g/mol. The summed E-state index contributed by atoms with van der Waals surface area (Å²) in [6, 6.07) is 7.84. The summed E-state index contributed by atoms with van der Waals surface area (Å²) in [4.78, 5) is 35.0. The van der Waals surface area contributed by atoms with Crippen LogP contribution < -0.4 is 5.56 Å². The number of carbonyl (C=O) groups is 1. The second-order valence-electron chi connectivity index (χ2n) is 7.57. The fourth-order valence-electron chi connectivity index (χ4n) is 3.85. The SMILES string of the molecule is C=CCN(CC=C)C(=O)CSc1nc2sc3c(c2c(=O)n1-c1ccc(C)cc1)CCC3. The van der Waals surface area contributed by atoms with Crippen molar-refractivity contribution in [2.75, 3.05) is 18.8 Å². The number of aryl methyl sites for hydroxylation is 3. The highest BCUT2D eigenvalue weighted by atomic mass is 32.2. The predicted octanol–water partition coefficient (Wildman–Crippen LogP) is 4.54. The van der Waals surface area contributed by atoms with E-state index in [1.54, 1.807) is 33.0 Å². The summed E-state index contributed by atoms with van der Waals surface area (Å²) in [6.45, 7) is 10.4. The van der Waals surface area contributed by atoms with Gasteiger partial charge < -0.3 is 4.90 Å². The van der Waals surface area contributed by atoms with Crippen LogP contribution in [0.1, 0.15) is 22.4 Å². The Hall–Kier alpha value is -2.64. The molecule has 31 heavy (non-hydrogen) atoms. The van der Waals surface area contributed by atoms with E-state index in [1.165, 1.54) is 16.6 Å². The van der Waals surface area contributed by atoms with E-state index in [0.717, 1.165) is 46.3 Å². The molecule has 0 N–H and O–H groups in total. The Kier molecular flexibility index (Phi) is 6.43. The molecule has 2 aromatic heterocycles. The van der Waals surface area contributed by atoms with Gasteiger partial charge in [0.25, 0.3) is 5.56 Å². The van der Waals surface area contributed by atoms with Crippen molar-refractivity contribution in [1.29, 1.82) is 0 Å². The number of fused-ring (bicyclic) bond motifs is 3. The van der Waals surface area contributed by atoms with Crippen molar-refractivity contribution in [1.82, 2.24) is 14.5 Å². The molecule has 3 aromatic rings. The fourth-order valence-corrected chi connectivity index (χ4v) is 6.07. The molecule has 0 unspecified atom stereocenters. The van der Waals surface area contributed by atoms with Gasteiger partial charge >= 0.3 is 0 Å². The number of rotatable bonds is 8. The first kappa shape index (κ1) is 21.6. The molecule has 0 atom stereocenters. The normalized spacial score (nSPS) is 12.7. The molecule has 1 aromatic carbocycles. The molecule has 2 heterocycles. The third-order valence-electron chi connectivity index (χ3n) is 5.38. The van der Waals surface area contributed by atoms with Crippen LogP contribution in [0.3, 0.4) is 0 Å². The maximum absolute atomic E-state index is 13.6. The predicted molar refractivity (Wildman–Crippen MR) is 130 cm³/mol. The third-order valence-corrected chi connectivity index (χ3v) is 7.49. The molecule has 4 rings (SSSR count). The van der Waals surface area contributed by atoms with Crippen molar-refractivity contribution >= 4 is 39.2 Å². The smallest absolute Gasteiger partial charge is 0.267 e.